The largest absolute Gasteiger partial charge is 0.483 e. The first-order valence-corrected chi connectivity index (χ1v) is 6.25. The van der Waals surface area contributed by atoms with Crippen molar-refractivity contribution in [1.82, 2.24) is 5.32 Å². The average molecular weight is 282 g/mol. The molecule has 0 radical (unpaired) electrons. The van der Waals surface area contributed by atoms with Crippen LogP contribution in [0.25, 0.3) is 0 Å². The molecular weight excluding hydrogens is 264 g/mol. The number of amides is 1. The number of nitrogens with one attached hydrogen (secondary N) is 1. The molecule has 1 aromatic carbocycles. The number of carbonyl (C=O) groups is 1. The maximum absolute atomic E-state index is 11.5. The highest BCUT2D eigenvalue weighted by atomic mass is 16.7. The number of rotatable bonds is 7. The maximum atomic E-state index is 11.5. The molecule has 1 heterocycles. The van der Waals surface area contributed by atoms with Crippen LogP contribution >= 0.6 is 0 Å². The zero-order valence-electron chi connectivity index (χ0n) is 11.3. The van der Waals surface area contributed by atoms with E-state index >= 15 is 0 Å². The Bertz CT molecular complexity index is 478. The Morgan fingerprint density at radius 3 is 2.85 bits per heavy atom. The number of carbonyl (C=O) groups excluding carboxylic acids is 1. The molecule has 0 spiro atoms. The Morgan fingerprint density at radius 1 is 1.40 bits per heavy atom. The summed E-state index contributed by atoms with van der Waals surface area (Å²) in [5.41, 5.74) is 6.42. The number of hydrogen-bond donors (Lipinski definition) is 2. The van der Waals surface area contributed by atoms with Crippen molar-refractivity contribution in [2.75, 3.05) is 33.7 Å². The van der Waals surface area contributed by atoms with Crippen molar-refractivity contribution >= 4 is 5.91 Å². The quantitative estimate of drug-likeness (QED) is 0.685. The molecule has 1 aliphatic heterocycles. The first-order chi connectivity index (χ1) is 9.74. The van der Waals surface area contributed by atoms with Crippen LogP contribution < -0.4 is 25.3 Å². The lowest BCUT2D eigenvalue weighted by atomic mass is 10.2. The zero-order chi connectivity index (χ0) is 14.4. The van der Waals surface area contributed by atoms with Crippen LogP contribution in [-0.2, 0) is 16.1 Å². The molecule has 0 fully saturated rings. The molecule has 2 rings (SSSR count). The number of benzene rings is 1. The minimum Gasteiger partial charge on any atom is -0.483 e. The van der Waals surface area contributed by atoms with E-state index in [1.165, 1.54) is 0 Å². The Morgan fingerprint density at radius 2 is 2.15 bits per heavy atom. The summed E-state index contributed by atoms with van der Waals surface area (Å²) in [6.45, 7) is 1.29. The summed E-state index contributed by atoms with van der Waals surface area (Å²) >= 11 is 0. The van der Waals surface area contributed by atoms with Gasteiger partial charge in [0, 0.05) is 31.8 Å². The van der Waals surface area contributed by atoms with Crippen LogP contribution in [0.15, 0.2) is 12.1 Å². The summed E-state index contributed by atoms with van der Waals surface area (Å²) in [5, 5.41) is 2.67. The number of ether oxygens (including phenoxy) is 4. The molecule has 7 heteroatoms. The van der Waals surface area contributed by atoms with E-state index in [1.807, 2.05) is 0 Å². The molecule has 1 aromatic rings. The molecule has 0 bridgehead atoms. The fourth-order valence-corrected chi connectivity index (χ4v) is 1.75. The molecule has 110 valence electrons. The van der Waals surface area contributed by atoms with Crippen molar-refractivity contribution in [1.29, 1.82) is 0 Å². The van der Waals surface area contributed by atoms with Gasteiger partial charge >= 0.3 is 0 Å². The molecular formula is C13H18N2O5. The zero-order valence-corrected chi connectivity index (χ0v) is 11.3. The van der Waals surface area contributed by atoms with Crippen molar-refractivity contribution in [3.8, 4) is 17.2 Å². The van der Waals surface area contributed by atoms with Crippen LogP contribution in [-0.4, -0.2) is 39.6 Å². The second-order valence-electron chi connectivity index (χ2n) is 4.15. The highest BCUT2D eigenvalue weighted by molar-refractivity contribution is 5.77. The van der Waals surface area contributed by atoms with Gasteiger partial charge in [0.1, 0.15) is 5.75 Å². The van der Waals surface area contributed by atoms with E-state index in [4.69, 9.17) is 24.7 Å². The number of fused-ring (bicyclic) bond motifs is 1. The third-order valence-electron chi connectivity index (χ3n) is 2.76. The van der Waals surface area contributed by atoms with Crippen LogP contribution in [0.2, 0.25) is 0 Å². The summed E-state index contributed by atoms with van der Waals surface area (Å²) in [6.07, 6.45) is 0. The van der Waals surface area contributed by atoms with Crippen molar-refractivity contribution in [2.45, 2.75) is 6.54 Å². The van der Waals surface area contributed by atoms with E-state index in [0.29, 0.717) is 30.4 Å². The van der Waals surface area contributed by atoms with E-state index in [1.54, 1.807) is 19.2 Å². The van der Waals surface area contributed by atoms with E-state index in [-0.39, 0.29) is 25.9 Å². The number of hydrogen-bond acceptors (Lipinski definition) is 6. The van der Waals surface area contributed by atoms with Gasteiger partial charge in [-0.2, -0.15) is 0 Å². The first-order valence-electron chi connectivity index (χ1n) is 6.25. The average Bonchev–Trinajstić information content (AvgIpc) is 2.91. The molecule has 0 saturated carbocycles. The van der Waals surface area contributed by atoms with E-state index in [2.05, 4.69) is 5.32 Å². The van der Waals surface area contributed by atoms with Gasteiger partial charge in [0.05, 0.1) is 6.61 Å². The van der Waals surface area contributed by atoms with Gasteiger partial charge in [-0.3, -0.25) is 4.79 Å². The Balaban J connectivity index is 1.93. The third kappa shape index (κ3) is 3.52. The molecule has 1 amide bonds. The molecule has 7 nitrogen and oxygen atoms in total. The number of methoxy groups -OCH3 is 1. The van der Waals surface area contributed by atoms with Crippen molar-refractivity contribution in [3.05, 3.63) is 17.7 Å². The van der Waals surface area contributed by atoms with Crippen LogP contribution in [0.3, 0.4) is 0 Å². The minimum absolute atomic E-state index is 0.0869. The van der Waals surface area contributed by atoms with Gasteiger partial charge in [0.25, 0.3) is 5.91 Å². The Hall–Kier alpha value is -1.99. The van der Waals surface area contributed by atoms with Gasteiger partial charge in [0.15, 0.2) is 18.1 Å². The minimum atomic E-state index is -0.220. The van der Waals surface area contributed by atoms with E-state index in [0.717, 1.165) is 5.56 Å². The molecule has 20 heavy (non-hydrogen) atoms. The highest BCUT2D eigenvalue weighted by Crippen LogP contribution is 2.37. The lowest BCUT2D eigenvalue weighted by Gasteiger charge is -2.11. The van der Waals surface area contributed by atoms with Crippen LogP contribution in [0.4, 0.5) is 0 Å². The van der Waals surface area contributed by atoms with Crippen LogP contribution in [0.1, 0.15) is 5.56 Å². The first kappa shape index (κ1) is 14.4. The summed E-state index contributed by atoms with van der Waals surface area (Å²) in [7, 11) is 1.57. The molecule has 3 N–H and O–H groups in total. The second kappa shape index (κ2) is 6.97. The van der Waals surface area contributed by atoms with Gasteiger partial charge in [-0.1, -0.05) is 0 Å². The molecule has 0 aromatic heterocycles. The normalized spacial score (nSPS) is 12.3. The Labute approximate surface area is 116 Å². The molecule has 0 saturated heterocycles. The van der Waals surface area contributed by atoms with Crippen molar-refractivity contribution in [2.24, 2.45) is 5.73 Å². The van der Waals surface area contributed by atoms with Crippen molar-refractivity contribution in [3.63, 3.8) is 0 Å². The van der Waals surface area contributed by atoms with Gasteiger partial charge < -0.3 is 30.0 Å². The van der Waals surface area contributed by atoms with E-state index < -0.39 is 0 Å². The molecule has 1 aliphatic rings. The SMILES string of the molecule is COCCNC(=O)COc1cc2c(cc1CN)OCO2. The van der Waals surface area contributed by atoms with Gasteiger partial charge in [-0.15, -0.1) is 0 Å². The fraction of sp³-hybridized carbons (Fsp3) is 0.462. The molecule has 0 unspecified atom stereocenters. The predicted molar refractivity (Wildman–Crippen MR) is 70.8 cm³/mol. The molecule has 0 atom stereocenters. The van der Waals surface area contributed by atoms with Crippen molar-refractivity contribution < 1.29 is 23.7 Å². The van der Waals surface area contributed by atoms with Gasteiger partial charge in [0.2, 0.25) is 6.79 Å². The summed E-state index contributed by atoms with van der Waals surface area (Å²) < 4.78 is 20.8. The lowest BCUT2D eigenvalue weighted by molar-refractivity contribution is -0.123. The molecule has 0 aliphatic carbocycles. The van der Waals surface area contributed by atoms with Gasteiger partial charge in [-0.05, 0) is 6.07 Å². The second-order valence-corrected chi connectivity index (χ2v) is 4.15. The predicted octanol–water partition coefficient (Wildman–Crippen LogP) is 0.0154. The van der Waals surface area contributed by atoms with Gasteiger partial charge in [-0.25, -0.2) is 0 Å². The monoisotopic (exact) mass is 282 g/mol. The van der Waals surface area contributed by atoms with E-state index in [9.17, 15) is 4.79 Å². The smallest absolute Gasteiger partial charge is 0.258 e. The fourth-order valence-electron chi connectivity index (χ4n) is 1.75. The van der Waals surface area contributed by atoms with Crippen LogP contribution in [0.5, 0.6) is 17.2 Å². The summed E-state index contributed by atoms with van der Waals surface area (Å²) in [5.74, 6) is 1.54. The Kier molecular flexibility index (Phi) is 5.03. The topological polar surface area (TPSA) is 92.0 Å². The van der Waals surface area contributed by atoms with Crippen LogP contribution in [0, 0.1) is 0 Å². The summed E-state index contributed by atoms with van der Waals surface area (Å²) in [4.78, 5) is 11.5. The lowest BCUT2D eigenvalue weighted by Crippen LogP contribution is -2.31. The third-order valence-corrected chi connectivity index (χ3v) is 2.76. The maximum Gasteiger partial charge on any atom is 0.258 e. The highest BCUT2D eigenvalue weighted by Gasteiger charge is 2.18. The summed E-state index contributed by atoms with van der Waals surface area (Å²) in [6, 6.07) is 3.45. The standard InChI is InChI=1S/C13H18N2O5/c1-17-3-2-15-13(16)7-18-10-5-12-11(19-8-20-12)4-9(10)6-14/h4-5H,2-3,6-8,14H2,1H3,(H,15,16). The number of nitrogens with two attached hydrogens (primary N) is 1.